The van der Waals surface area contributed by atoms with Crippen LogP contribution >= 0.6 is 11.6 Å². The van der Waals surface area contributed by atoms with E-state index in [1.807, 2.05) is 7.05 Å². The van der Waals surface area contributed by atoms with Crippen molar-refractivity contribution in [1.29, 1.82) is 0 Å². The molecule has 0 radical (unpaired) electrons. The van der Waals surface area contributed by atoms with Crippen LogP contribution in [0.25, 0.3) is 11.5 Å². The number of urea groups is 1. The fourth-order valence-electron chi connectivity index (χ4n) is 3.12. The van der Waals surface area contributed by atoms with Gasteiger partial charge in [-0.2, -0.15) is 4.98 Å². The van der Waals surface area contributed by atoms with Gasteiger partial charge < -0.3 is 14.7 Å². The molecule has 7 heteroatoms. The summed E-state index contributed by atoms with van der Waals surface area (Å²) in [6.07, 6.45) is 4.51. The van der Waals surface area contributed by atoms with Gasteiger partial charge in [0.2, 0.25) is 0 Å². The van der Waals surface area contributed by atoms with Gasteiger partial charge in [-0.05, 0) is 56.2 Å². The van der Waals surface area contributed by atoms with Gasteiger partial charge in [-0.25, -0.2) is 4.79 Å². The SMILES string of the molecule is CC(N(C)C(=O)Nc1cc(Cl)ccc1-c1nc(C2CC2)no1)C1(C)CC1. The summed E-state index contributed by atoms with van der Waals surface area (Å²) in [4.78, 5) is 19.0. The molecule has 1 unspecified atom stereocenters. The van der Waals surface area contributed by atoms with E-state index in [1.165, 1.54) is 0 Å². The number of nitrogens with zero attached hydrogens (tertiary/aromatic N) is 3. The van der Waals surface area contributed by atoms with E-state index in [-0.39, 0.29) is 17.5 Å². The Bertz CT molecular complexity index is 842. The van der Waals surface area contributed by atoms with Crippen LogP contribution in [0.15, 0.2) is 22.7 Å². The maximum absolute atomic E-state index is 12.8. The van der Waals surface area contributed by atoms with E-state index in [9.17, 15) is 4.79 Å². The molecule has 0 aliphatic heterocycles. The zero-order valence-electron chi connectivity index (χ0n) is 15.3. The maximum atomic E-state index is 12.8. The van der Waals surface area contributed by atoms with Gasteiger partial charge in [0.15, 0.2) is 5.82 Å². The molecule has 1 N–H and O–H groups in total. The Morgan fingerprint density at radius 2 is 2.15 bits per heavy atom. The van der Waals surface area contributed by atoms with Crippen LogP contribution in [-0.4, -0.2) is 34.2 Å². The van der Waals surface area contributed by atoms with E-state index in [4.69, 9.17) is 16.1 Å². The van der Waals surface area contributed by atoms with Gasteiger partial charge in [0.05, 0.1) is 11.3 Å². The number of benzene rings is 1. The van der Waals surface area contributed by atoms with Crippen molar-refractivity contribution in [2.45, 2.75) is 51.5 Å². The van der Waals surface area contributed by atoms with Gasteiger partial charge in [0, 0.05) is 24.0 Å². The number of amides is 2. The molecule has 2 saturated carbocycles. The zero-order chi connectivity index (χ0) is 18.5. The summed E-state index contributed by atoms with van der Waals surface area (Å²) in [5, 5.41) is 7.56. The highest BCUT2D eigenvalue weighted by molar-refractivity contribution is 6.31. The number of hydrogen-bond donors (Lipinski definition) is 1. The van der Waals surface area contributed by atoms with Gasteiger partial charge >= 0.3 is 6.03 Å². The van der Waals surface area contributed by atoms with E-state index < -0.39 is 0 Å². The van der Waals surface area contributed by atoms with E-state index in [0.29, 0.717) is 28.1 Å². The number of carbonyl (C=O) groups excluding carboxylic acids is 1. The fraction of sp³-hybridized carbons (Fsp3) is 0.526. The second-order valence-corrected chi connectivity index (χ2v) is 8.23. The minimum Gasteiger partial charge on any atom is -0.334 e. The predicted molar refractivity (Wildman–Crippen MR) is 100 cm³/mol. The van der Waals surface area contributed by atoms with E-state index in [0.717, 1.165) is 31.5 Å². The van der Waals surface area contributed by atoms with Crippen LogP contribution in [0.2, 0.25) is 5.02 Å². The molecule has 6 nitrogen and oxygen atoms in total. The number of aromatic nitrogens is 2. The van der Waals surface area contributed by atoms with Crippen LogP contribution in [0.1, 0.15) is 51.3 Å². The number of hydrogen-bond acceptors (Lipinski definition) is 4. The Balaban J connectivity index is 1.57. The third-order valence-electron chi connectivity index (χ3n) is 5.79. The fourth-order valence-corrected chi connectivity index (χ4v) is 3.29. The monoisotopic (exact) mass is 374 g/mol. The topological polar surface area (TPSA) is 71.3 Å². The maximum Gasteiger partial charge on any atom is 0.321 e. The van der Waals surface area contributed by atoms with Crippen LogP contribution in [0.5, 0.6) is 0 Å². The number of anilines is 1. The predicted octanol–water partition coefficient (Wildman–Crippen LogP) is 4.92. The number of nitrogens with one attached hydrogen (secondary N) is 1. The molecule has 1 heterocycles. The Labute approximate surface area is 157 Å². The average Bonchev–Trinajstić information content (AvgIpc) is 3.54. The minimum absolute atomic E-state index is 0.162. The number of rotatable bonds is 5. The molecule has 0 spiro atoms. The zero-order valence-corrected chi connectivity index (χ0v) is 16.0. The lowest BCUT2D eigenvalue weighted by Gasteiger charge is -2.30. The highest BCUT2D eigenvalue weighted by Crippen LogP contribution is 2.49. The molecule has 4 rings (SSSR count). The van der Waals surface area contributed by atoms with Crippen LogP contribution in [0, 0.1) is 5.41 Å². The Hall–Kier alpha value is -2.08. The standard InChI is InChI=1S/C19H23ClN4O2/c1-11(19(2)8-9-19)24(3)18(25)21-15-10-13(20)6-7-14(15)17-22-16(23-26-17)12-4-5-12/h6-7,10-12H,4-5,8-9H2,1-3H3,(H,21,25). The summed E-state index contributed by atoms with van der Waals surface area (Å²) < 4.78 is 5.42. The van der Waals surface area contributed by atoms with Gasteiger partial charge in [0.25, 0.3) is 5.89 Å². The smallest absolute Gasteiger partial charge is 0.321 e. The Morgan fingerprint density at radius 3 is 2.81 bits per heavy atom. The van der Waals surface area contributed by atoms with Crippen LogP contribution in [0.3, 0.4) is 0 Å². The second-order valence-electron chi connectivity index (χ2n) is 7.79. The van der Waals surface area contributed by atoms with Crippen molar-refractivity contribution < 1.29 is 9.32 Å². The highest BCUT2D eigenvalue weighted by atomic mass is 35.5. The highest BCUT2D eigenvalue weighted by Gasteiger charge is 2.45. The van der Waals surface area contributed by atoms with Crippen molar-refractivity contribution in [3.8, 4) is 11.5 Å². The third kappa shape index (κ3) is 3.30. The summed E-state index contributed by atoms with van der Waals surface area (Å²) in [7, 11) is 1.83. The largest absolute Gasteiger partial charge is 0.334 e. The van der Waals surface area contributed by atoms with Crippen molar-refractivity contribution in [3.05, 3.63) is 29.0 Å². The molecular formula is C19H23ClN4O2. The average molecular weight is 375 g/mol. The van der Waals surface area contributed by atoms with Gasteiger partial charge in [-0.15, -0.1) is 0 Å². The van der Waals surface area contributed by atoms with Crippen LogP contribution in [0.4, 0.5) is 10.5 Å². The van der Waals surface area contributed by atoms with Crippen molar-refractivity contribution in [2.75, 3.05) is 12.4 Å². The molecule has 1 atom stereocenters. The first-order valence-corrected chi connectivity index (χ1v) is 9.42. The first kappa shape index (κ1) is 17.3. The van der Waals surface area contributed by atoms with Crippen LogP contribution in [-0.2, 0) is 0 Å². The van der Waals surface area contributed by atoms with Crippen molar-refractivity contribution in [2.24, 2.45) is 5.41 Å². The molecule has 0 saturated heterocycles. The summed E-state index contributed by atoms with van der Waals surface area (Å²) in [5.74, 6) is 1.55. The molecule has 2 aromatic rings. The Morgan fingerprint density at radius 1 is 1.42 bits per heavy atom. The van der Waals surface area contributed by atoms with Crippen LogP contribution < -0.4 is 5.32 Å². The second kappa shape index (κ2) is 6.27. The number of carbonyl (C=O) groups is 1. The van der Waals surface area contributed by atoms with Gasteiger partial charge in [-0.1, -0.05) is 23.7 Å². The lowest BCUT2D eigenvalue weighted by molar-refractivity contribution is 0.183. The van der Waals surface area contributed by atoms with E-state index in [1.54, 1.807) is 23.1 Å². The van der Waals surface area contributed by atoms with Gasteiger partial charge in [-0.3, -0.25) is 0 Å². The third-order valence-corrected chi connectivity index (χ3v) is 6.02. The molecule has 2 fully saturated rings. The normalized spacial score (nSPS) is 19.1. The van der Waals surface area contributed by atoms with Crippen molar-refractivity contribution >= 4 is 23.3 Å². The lowest BCUT2D eigenvalue weighted by Crippen LogP contribution is -2.42. The molecule has 2 aliphatic carbocycles. The summed E-state index contributed by atoms with van der Waals surface area (Å²) >= 11 is 6.15. The Kier molecular flexibility index (Phi) is 4.18. The quantitative estimate of drug-likeness (QED) is 0.806. The van der Waals surface area contributed by atoms with Gasteiger partial charge in [0.1, 0.15) is 0 Å². The van der Waals surface area contributed by atoms with Crippen molar-refractivity contribution in [3.63, 3.8) is 0 Å². The first-order valence-electron chi connectivity index (χ1n) is 9.05. The summed E-state index contributed by atoms with van der Waals surface area (Å²) in [5.41, 5.74) is 1.48. The first-order chi connectivity index (χ1) is 12.4. The molecule has 0 bridgehead atoms. The molecule has 2 amide bonds. The summed E-state index contributed by atoms with van der Waals surface area (Å²) in [6, 6.07) is 5.26. The number of halogens is 1. The van der Waals surface area contributed by atoms with E-state index >= 15 is 0 Å². The molecule has 2 aliphatic rings. The van der Waals surface area contributed by atoms with E-state index in [2.05, 4.69) is 29.3 Å². The lowest BCUT2D eigenvalue weighted by atomic mass is 10.00. The molecule has 1 aromatic heterocycles. The molecular weight excluding hydrogens is 352 g/mol. The molecule has 138 valence electrons. The van der Waals surface area contributed by atoms with Crippen molar-refractivity contribution in [1.82, 2.24) is 15.0 Å². The molecule has 26 heavy (non-hydrogen) atoms. The summed E-state index contributed by atoms with van der Waals surface area (Å²) in [6.45, 7) is 4.30. The molecule has 1 aromatic carbocycles. The minimum atomic E-state index is -0.170.